The first-order chi connectivity index (χ1) is 30.3. The smallest absolute Gasteiger partial charge is 0.0811 e. The van der Waals surface area contributed by atoms with Gasteiger partial charge in [-0.1, -0.05) is 194 Å². The average Bonchev–Trinajstić information content (AvgIpc) is 3.77. The highest BCUT2D eigenvalue weighted by molar-refractivity contribution is 6.90. The van der Waals surface area contributed by atoms with E-state index in [0.717, 1.165) is 11.9 Å². The number of aromatic amines is 1. The van der Waals surface area contributed by atoms with Crippen molar-refractivity contribution in [1.82, 2.24) is 9.55 Å². The molecule has 0 aliphatic heterocycles. The molecule has 0 saturated heterocycles. The lowest BCUT2D eigenvalue weighted by Crippen LogP contribution is -2.42. The number of aromatic nitrogens is 2. The lowest BCUT2D eigenvalue weighted by molar-refractivity contribution is 0.468. The number of nitrogens with zero attached hydrogens (tertiary/aromatic N) is 1. The Hall–Kier alpha value is -5.38. The Kier molecular flexibility index (Phi) is 10.6. The molecule has 1 atom stereocenters. The fourth-order valence-electron chi connectivity index (χ4n) is 10.5. The van der Waals surface area contributed by atoms with Crippen LogP contribution in [0.25, 0.3) is 77.9 Å². The molecule has 334 valence electrons. The number of rotatable bonds is 5. The van der Waals surface area contributed by atoms with E-state index in [2.05, 4.69) is 241 Å². The summed E-state index contributed by atoms with van der Waals surface area (Å²) in [7, 11) is -2.07. The molecule has 0 saturated carbocycles. The zero-order valence-corrected chi connectivity index (χ0v) is 43.3. The number of hydrogen-bond donors (Lipinski definition) is 1. The second-order valence-electron chi connectivity index (χ2n) is 24.6. The fraction of sp³-hybridized carbons (Fsp3) is 0.355. The Morgan fingerprint density at radius 3 is 1.65 bits per heavy atom. The van der Waals surface area contributed by atoms with E-state index in [0.29, 0.717) is 5.92 Å². The van der Waals surface area contributed by atoms with Gasteiger partial charge in [0.25, 0.3) is 0 Å². The van der Waals surface area contributed by atoms with Crippen LogP contribution in [0.15, 0.2) is 121 Å². The molecule has 2 aromatic heterocycles. The summed E-state index contributed by atoms with van der Waals surface area (Å²) in [6.07, 6.45) is 3.63. The van der Waals surface area contributed by atoms with Crippen molar-refractivity contribution in [3.05, 3.63) is 149 Å². The van der Waals surface area contributed by atoms with Gasteiger partial charge in [-0.05, 0) is 120 Å². The van der Waals surface area contributed by atoms with E-state index in [1.807, 2.05) is 0 Å². The minimum atomic E-state index is -2.07. The Morgan fingerprint density at radius 2 is 1.08 bits per heavy atom. The van der Waals surface area contributed by atoms with Crippen molar-refractivity contribution in [3.8, 4) is 39.1 Å². The third kappa shape index (κ3) is 8.07. The second-order valence-corrected chi connectivity index (χ2v) is 29.6. The van der Waals surface area contributed by atoms with E-state index >= 15 is 0 Å². The largest absolute Gasteiger partial charge is 0.354 e. The van der Waals surface area contributed by atoms with Gasteiger partial charge in [-0.15, -0.1) is 0 Å². The maximum Gasteiger partial charge on any atom is 0.0811 e. The highest BCUT2D eigenvalue weighted by Gasteiger charge is 2.34. The van der Waals surface area contributed by atoms with E-state index in [1.54, 1.807) is 0 Å². The standard InChI is InChI=1S/C62H72N2Si/c1-38-32-46(62(11,12)13)37-52-49-36-45(61(8,9)10)29-31-54(49)64(57(38)52)55-19-17-18-47(58(55)65(14,15)16)50-34-42(40-22-27-44(28-23-40)60(5,6)7)35-51-48-33-41(24-30-53(48)63-56(50)51)39-20-25-43(26-21-39)59(2,3)4/h17-31,33-38,63H,32H2,1-16H3. The van der Waals surface area contributed by atoms with Crippen LogP contribution in [-0.4, -0.2) is 17.6 Å². The third-order valence-electron chi connectivity index (χ3n) is 14.4. The van der Waals surface area contributed by atoms with Crippen LogP contribution in [0.4, 0.5) is 0 Å². The number of benzene rings is 6. The van der Waals surface area contributed by atoms with Gasteiger partial charge >= 0.3 is 0 Å². The molecular formula is C62H72N2Si. The van der Waals surface area contributed by atoms with E-state index < -0.39 is 8.07 Å². The third-order valence-corrected chi connectivity index (χ3v) is 16.4. The molecule has 1 N–H and O–H groups in total. The molecule has 9 rings (SSSR count). The van der Waals surface area contributed by atoms with Crippen LogP contribution in [0.1, 0.15) is 130 Å². The van der Waals surface area contributed by atoms with Gasteiger partial charge in [-0.2, -0.15) is 0 Å². The summed E-state index contributed by atoms with van der Waals surface area (Å²) in [6.45, 7) is 38.0. The van der Waals surface area contributed by atoms with Crippen molar-refractivity contribution < 1.29 is 0 Å². The molecular weight excluding hydrogens is 801 g/mol. The predicted octanol–water partition coefficient (Wildman–Crippen LogP) is 17.6. The van der Waals surface area contributed by atoms with E-state index in [-0.39, 0.29) is 21.7 Å². The molecule has 65 heavy (non-hydrogen) atoms. The number of nitrogens with one attached hydrogen (secondary N) is 1. The first kappa shape index (κ1) is 44.8. The highest BCUT2D eigenvalue weighted by atomic mass is 28.3. The summed E-state index contributed by atoms with van der Waals surface area (Å²) >= 11 is 0. The minimum absolute atomic E-state index is 0.0457. The summed E-state index contributed by atoms with van der Waals surface area (Å²) in [6, 6.07) is 44.9. The second kappa shape index (κ2) is 15.3. The van der Waals surface area contributed by atoms with E-state index in [4.69, 9.17) is 0 Å². The molecule has 6 aromatic carbocycles. The van der Waals surface area contributed by atoms with E-state index in [1.165, 1.54) is 105 Å². The molecule has 1 aliphatic carbocycles. The zero-order chi connectivity index (χ0) is 46.8. The summed E-state index contributed by atoms with van der Waals surface area (Å²) in [4.78, 5) is 4.02. The number of allylic oxidation sites excluding steroid dienone is 1. The highest BCUT2D eigenvalue weighted by Crippen LogP contribution is 2.47. The SMILES string of the molecule is CC1CC(C(C)(C)C)=Cc2c1n(-c1cccc(-c3cc(-c4ccc(C(C)(C)C)cc4)cc4c3[nH]c3ccc(-c5ccc(C(C)(C)C)cc5)cc34)c1[Si](C)(C)C)c1ccc(C(C)(C)C)cc21. The Labute approximate surface area is 391 Å². The molecule has 0 spiro atoms. The predicted molar refractivity (Wildman–Crippen MR) is 288 cm³/mol. The summed E-state index contributed by atoms with van der Waals surface area (Å²) < 4.78 is 2.70. The van der Waals surface area contributed by atoms with Crippen LogP contribution in [0, 0.1) is 5.41 Å². The minimum Gasteiger partial charge on any atom is -0.354 e. The number of H-pyrrole nitrogens is 1. The molecule has 0 amide bonds. The van der Waals surface area contributed by atoms with Crippen LogP contribution < -0.4 is 5.19 Å². The van der Waals surface area contributed by atoms with Crippen LogP contribution in [-0.2, 0) is 16.2 Å². The maximum atomic E-state index is 4.02. The van der Waals surface area contributed by atoms with Crippen LogP contribution in [0.3, 0.4) is 0 Å². The monoisotopic (exact) mass is 873 g/mol. The summed E-state index contributed by atoms with van der Waals surface area (Å²) in [5.41, 5.74) is 21.4. The molecule has 1 unspecified atom stereocenters. The summed E-state index contributed by atoms with van der Waals surface area (Å²) in [5, 5.41) is 5.39. The first-order valence-corrected chi connectivity index (χ1v) is 27.6. The van der Waals surface area contributed by atoms with Gasteiger partial charge in [0.15, 0.2) is 0 Å². The Morgan fingerprint density at radius 1 is 0.523 bits per heavy atom. The first-order valence-electron chi connectivity index (χ1n) is 24.1. The molecule has 0 bridgehead atoms. The molecule has 3 heteroatoms. The number of hydrogen-bond acceptors (Lipinski definition) is 0. The van der Waals surface area contributed by atoms with Crippen molar-refractivity contribution in [3.63, 3.8) is 0 Å². The summed E-state index contributed by atoms with van der Waals surface area (Å²) in [5.74, 6) is 0.367. The molecule has 0 fully saturated rings. The number of fused-ring (bicyclic) bond motifs is 6. The zero-order valence-electron chi connectivity index (χ0n) is 42.3. The van der Waals surface area contributed by atoms with Crippen LogP contribution >= 0.6 is 0 Å². The fourth-order valence-corrected chi connectivity index (χ4v) is 12.5. The average molecular weight is 873 g/mol. The van der Waals surface area contributed by atoms with Gasteiger partial charge in [0.2, 0.25) is 0 Å². The van der Waals surface area contributed by atoms with Crippen LogP contribution in [0.2, 0.25) is 19.6 Å². The van der Waals surface area contributed by atoms with Gasteiger partial charge in [-0.25, -0.2) is 0 Å². The lowest BCUT2D eigenvalue weighted by Gasteiger charge is -2.32. The molecule has 8 aromatic rings. The van der Waals surface area contributed by atoms with Crippen molar-refractivity contribution >= 4 is 52.0 Å². The lowest BCUT2D eigenvalue weighted by atomic mass is 9.76. The topological polar surface area (TPSA) is 20.7 Å². The molecule has 0 radical (unpaired) electrons. The molecule has 2 heterocycles. The van der Waals surface area contributed by atoms with Gasteiger partial charge in [0.1, 0.15) is 0 Å². The van der Waals surface area contributed by atoms with Crippen molar-refractivity contribution in [1.29, 1.82) is 0 Å². The van der Waals surface area contributed by atoms with Gasteiger partial charge in [0.05, 0.1) is 19.1 Å². The normalized spacial score (nSPS) is 15.3. The van der Waals surface area contributed by atoms with E-state index in [9.17, 15) is 0 Å². The van der Waals surface area contributed by atoms with Crippen molar-refractivity contribution in [2.75, 3.05) is 0 Å². The van der Waals surface area contributed by atoms with Crippen LogP contribution in [0.5, 0.6) is 0 Å². The van der Waals surface area contributed by atoms with Gasteiger partial charge in [-0.3, -0.25) is 0 Å². The van der Waals surface area contributed by atoms with Crippen molar-refractivity contribution in [2.24, 2.45) is 5.41 Å². The van der Waals surface area contributed by atoms with Crippen molar-refractivity contribution in [2.45, 2.75) is 138 Å². The Bertz CT molecular complexity index is 3160. The molecule has 1 aliphatic rings. The Balaban J connectivity index is 1.34. The van der Waals surface area contributed by atoms with Gasteiger partial charge in [0, 0.05) is 50.1 Å². The van der Waals surface area contributed by atoms with Gasteiger partial charge < -0.3 is 9.55 Å². The molecule has 2 nitrogen and oxygen atoms in total. The maximum absolute atomic E-state index is 4.02. The quantitative estimate of drug-likeness (QED) is 0.166.